The van der Waals surface area contributed by atoms with Gasteiger partial charge in [-0.25, -0.2) is 4.39 Å². The van der Waals surface area contributed by atoms with E-state index in [9.17, 15) is 9.18 Å². The van der Waals surface area contributed by atoms with Gasteiger partial charge in [0, 0.05) is 30.0 Å². The summed E-state index contributed by atoms with van der Waals surface area (Å²) in [6, 6.07) is 5.03. The van der Waals surface area contributed by atoms with Crippen LogP contribution >= 0.6 is 12.4 Å². The average Bonchev–Trinajstić information content (AvgIpc) is 2.73. The van der Waals surface area contributed by atoms with E-state index in [1.165, 1.54) is 6.07 Å². The van der Waals surface area contributed by atoms with Crippen LogP contribution < -0.4 is 10.6 Å². The van der Waals surface area contributed by atoms with E-state index in [-0.39, 0.29) is 35.5 Å². The molecule has 3 nitrogen and oxygen atoms in total. The third-order valence-corrected chi connectivity index (χ3v) is 4.63. The first kappa shape index (κ1) is 15.3. The van der Waals surface area contributed by atoms with Crippen LogP contribution in [0.4, 0.5) is 10.1 Å². The van der Waals surface area contributed by atoms with E-state index in [0.29, 0.717) is 13.1 Å². The number of fused-ring (bicyclic) bond motifs is 2. The molecule has 0 aromatic heterocycles. The number of carbonyl (C=O) groups is 1. The van der Waals surface area contributed by atoms with Crippen molar-refractivity contribution < 1.29 is 9.18 Å². The lowest BCUT2D eigenvalue weighted by molar-refractivity contribution is -0.121. The lowest BCUT2D eigenvalue weighted by Gasteiger charge is -2.39. The molecular formula is C15H20ClFN2O. The Morgan fingerprint density at radius 1 is 1.50 bits per heavy atom. The maximum Gasteiger partial charge on any atom is 0.231 e. The van der Waals surface area contributed by atoms with E-state index in [0.717, 1.165) is 30.5 Å². The Balaban J connectivity index is 0.00000147. The zero-order valence-corrected chi connectivity index (χ0v) is 12.4. The van der Waals surface area contributed by atoms with Gasteiger partial charge in [-0.05, 0) is 25.0 Å². The normalized spacial score (nSPS) is 20.1. The summed E-state index contributed by atoms with van der Waals surface area (Å²) in [4.78, 5) is 14.1. The van der Waals surface area contributed by atoms with Crippen LogP contribution in [0.5, 0.6) is 0 Å². The highest BCUT2D eigenvalue weighted by molar-refractivity contribution is 5.98. The van der Waals surface area contributed by atoms with Crippen molar-refractivity contribution in [3.8, 4) is 0 Å². The van der Waals surface area contributed by atoms with E-state index in [4.69, 9.17) is 5.73 Å². The summed E-state index contributed by atoms with van der Waals surface area (Å²) in [5.41, 5.74) is 6.95. The number of hydrogen-bond acceptors (Lipinski definition) is 2. The van der Waals surface area contributed by atoms with Crippen LogP contribution in [-0.4, -0.2) is 19.0 Å². The van der Waals surface area contributed by atoms with E-state index < -0.39 is 0 Å². The molecule has 0 bridgehead atoms. The van der Waals surface area contributed by atoms with Crippen molar-refractivity contribution in [2.45, 2.75) is 31.6 Å². The summed E-state index contributed by atoms with van der Waals surface area (Å²) < 4.78 is 14.2. The van der Waals surface area contributed by atoms with Gasteiger partial charge in [-0.2, -0.15) is 0 Å². The fourth-order valence-electron chi connectivity index (χ4n) is 3.30. The van der Waals surface area contributed by atoms with Crippen molar-refractivity contribution in [2.24, 2.45) is 11.7 Å². The number of anilines is 1. The van der Waals surface area contributed by atoms with Gasteiger partial charge < -0.3 is 10.6 Å². The van der Waals surface area contributed by atoms with E-state index >= 15 is 0 Å². The minimum Gasteiger partial charge on any atom is -0.330 e. The molecule has 1 atom stereocenters. The molecule has 1 spiro atoms. The van der Waals surface area contributed by atoms with Crippen LogP contribution in [0.2, 0.25) is 0 Å². The minimum absolute atomic E-state index is 0. The number of halogens is 2. The zero-order chi connectivity index (χ0) is 13.6. The second-order valence-electron chi connectivity index (χ2n) is 5.83. The fraction of sp³-hybridized carbons (Fsp3) is 0.533. The molecular weight excluding hydrogens is 279 g/mol. The highest BCUT2D eigenvalue weighted by Gasteiger charge is 2.50. The average molecular weight is 299 g/mol. The second-order valence-corrected chi connectivity index (χ2v) is 5.83. The van der Waals surface area contributed by atoms with Gasteiger partial charge in [0.1, 0.15) is 5.82 Å². The number of rotatable bonds is 2. The lowest BCUT2D eigenvalue weighted by atomic mass is 9.65. The summed E-state index contributed by atoms with van der Waals surface area (Å²) >= 11 is 0. The van der Waals surface area contributed by atoms with Gasteiger partial charge in [-0.15, -0.1) is 12.4 Å². The van der Waals surface area contributed by atoms with Gasteiger partial charge in [0.15, 0.2) is 0 Å². The molecule has 0 radical (unpaired) electrons. The van der Waals surface area contributed by atoms with Gasteiger partial charge >= 0.3 is 0 Å². The van der Waals surface area contributed by atoms with Crippen molar-refractivity contribution in [1.29, 1.82) is 0 Å². The first-order valence-corrected chi connectivity index (χ1v) is 6.89. The van der Waals surface area contributed by atoms with Crippen molar-refractivity contribution in [3.05, 3.63) is 29.6 Å². The Morgan fingerprint density at radius 3 is 2.75 bits per heavy atom. The molecule has 1 amide bonds. The molecule has 2 aliphatic rings. The molecule has 20 heavy (non-hydrogen) atoms. The molecule has 3 rings (SSSR count). The Morgan fingerprint density at radius 2 is 2.20 bits per heavy atom. The standard InChI is InChI=1S/C15H19FN2O.ClH/c1-10(8-17)14(19)18-9-15(6-3-7-15)13-11(16)4-2-5-12(13)18;/h2,4-5,10H,3,6-9,17H2,1H3;1H. The molecule has 1 saturated carbocycles. The molecule has 2 N–H and O–H groups in total. The van der Waals surface area contributed by atoms with E-state index in [1.54, 1.807) is 11.0 Å². The monoisotopic (exact) mass is 298 g/mol. The van der Waals surface area contributed by atoms with Crippen molar-refractivity contribution in [3.63, 3.8) is 0 Å². The fourth-order valence-corrected chi connectivity index (χ4v) is 3.30. The quantitative estimate of drug-likeness (QED) is 0.912. The van der Waals surface area contributed by atoms with Gasteiger partial charge in [0.2, 0.25) is 5.91 Å². The van der Waals surface area contributed by atoms with Crippen molar-refractivity contribution in [1.82, 2.24) is 0 Å². The highest BCUT2D eigenvalue weighted by Crippen LogP contribution is 2.53. The predicted octanol–water partition coefficient (Wildman–Crippen LogP) is 2.61. The van der Waals surface area contributed by atoms with E-state index in [2.05, 4.69) is 0 Å². The maximum atomic E-state index is 14.2. The van der Waals surface area contributed by atoms with Crippen molar-refractivity contribution in [2.75, 3.05) is 18.0 Å². The van der Waals surface area contributed by atoms with Crippen LogP contribution in [0.3, 0.4) is 0 Å². The third kappa shape index (κ3) is 2.02. The molecule has 5 heteroatoms. The third-order valence-electron chi connectivity index (χ3n) is 4.63. The van der Waals surface area contributed by atoms with Gasteiger partial charge in [0.25, 0.3) is 0 Å². The van der Waals surface area contributed by atoms with Crippen LogP contribution in [0.15, 0.2) is 18.2 Å². The number of nitrogens with zero attached hydrogens (tertiary/aromatic N) is 1. The van der Waals surface area contributed by atoms with E-state index in [1.807, 2.05) is 13.0 Å². The summed E-state index contributed by atoms with van der Waals surface area (Å²) in [6.45, 7) is 2.77. The predicted molar refractivity (Wildman–Crippen MR) is 79.7 cm³/mol. The van der Waals surface area contributed by atoms with Crippen LogP contribution in [0.25, 0.3) is 0 Å². The smallest absolute Gasteiger partial charge is 0.231 e. The first-order chi connectivity index (χ1) is 9.09. The summed E-state index contributed by atoms with van der Waals surface area (Å²) in [7, 11) is 0. The SMILES string of the molecule is CC(CN)C(=O)N1CC2(CCC2)c2c(F)cccc21.Cl. The van der Waals surface area contributed by atoms with Crippen molar-refractivity contribution >= 4 is 24.0 Å². The highest BCUT2D eigenvalue weighted by atomic mass is 35.5. The molecule has 1 heterocycles. The van der Waals surface area contributed by atoms with Gasteiger partial charge in [0.05, 0.1) is 5.69 Å². The molecule has 1 unspecified atom stereocenters. The second kappa shape index (κ2) is 5.34. The zero-order valence-electron chi connectivity index (χ0n) is 11.6. The number of nitrogens with two attached hydrogens (primary N) is 1. The Labute approximate surface area is 124 Å². The lowest BCUT2D eigenvalue weighted by Crippen LogP contribution is -2.44. The Bertz CT molecular complexity index is 531. The molecule has 110 valence electrons. The largest absolute Gasteiger partial charge is 0.330 e. The van der Waals surface area contributed by atoms with Crippen LogP contribution in [0, 0.1) is 11.7 Å². The number of carbonyl (C=O) groups excluding carboxylic acids is 1. The first-order valence-electron chi connectivity index (χ1n) is 6.89. The molecule has 0 saturated heterocycles. The Hall–Kier alpha value is -1.13. The number of benzene rings is 1. The molecule has 1 aromatic carbocycles. The van der Waals surface area contributed by atoms with Gasteiger partial charge in [-0.3, -0.25) is 4.79 Å². The summed E-state index contributed by atoms with van der Waals surface area (Å²) in [5.74, 6) is -0.377. The maximum absolute atomic E-state index is 14.2. The number of hydrogen-bond donors (Lipinski definition) is 1. The topological polar surface area (TPSA) is 46.3 Å². The molecule has 1 aliphatic carbocycles. The van der Waals surface area contributed by atoms with Gasteiger partial charge in [-0.1, -0.05) is 19.4 Å². The van der Waals surface area contributed by atoms with Crippen LogP contribution in [-0.2, 0) is 10.2 Å². The number of amides is 1. The molecule has 1 aromatic rings. The van der Waals surface area contributed by atoms with Crippen LogP contribution in [0.1, 0.15) is 31.7 Å². The summed E-state index contributed by atoms with van der Waals surface area (Å²) in [6.07, 6.45) is 3.06. The summed E-state index contributed by atoms with van der Waals surface area (Å²) in [5, 5.41) is 0. The minimum atomic E-state index is -0.216. The molecule has 1 aliphatic heterocycles. The molecule has 1 fully saturated rings. The Kier molecular flexibility index (Phi) is 4.07.